The van der Waals surface area contributed by atoms with Crippen molar-refractivity contribution in [3.05, 3.63) is 0 Å². The highest BCUT2D eigenvalue weighted by Gasteiger charge is 2.58. The first-order valence-electron chi connectivity index (χ1n) is 19.4. The average Bonchev–Trinajstić information content (AvgIpc) is 3.52. The number of nitrogens with one attached hydrogen (secondary N) is 2. The lowest BCUT2D eigenvalue weighted by molar-refractivity contribution is -0.249. The van der Waals surface area contributed by atoms with Crippen LogP contribution in [0.2, 0.25) is 0 Å². The second-order valence-corrected chi connectivity index (χ2v) is 21.2. The van der Waals surface area contributed by atoms with Gasteiger partial charge in [-0.1, -0.05) is 0 Å². The van der Waals surface area contributed by atoms with Crippen LogP contribution in [0.25, 0.3) is 0 Å². The van der Waals surface area contributed by atoms with Crippen molar-refractivity contribution < 1.29 is 48.5 Å². The number of rotatable bonds is 11. The van der Waals surface area contributed by atoms with Crippen molar-refractivity contribution >= 4 is 23.9 Å². The Morgan fingerprint density at radius 3 is 1.02 bits per heavy atom. The van der Waals surface area contributed by atoms with E-state index in [4.69, 9.17) is 18.9 Å². The maximum Gasteiger partial charge on any atom is 0.311 e. The number of nitrogens with zero attached hydrogens (tertiary/aromatic N) is 2. The molecule has 6 atom stereocenters. The van der Waals surface area contributed by atoms with Gasteiger partial charge in [0, 0.05) is 33.2 Å². The van der Waals surface area contributed by atoms with Crippen LogP contribution in [0.3, 0.4) is 0 Å². The molecule has 4 rings (SSSR count). The van der Waals surface area contributed by atoms with E-state index in [0.29, 0.717) is 12.8 Å². The summed E-state index contributed by atoms with van der Waals surface area (Å²) in [6.07, 6.45) is -1.39. The van der Waals surface area contributed by atoms with Crippen LogP contribution in [-0.4, -0.2) is 104 Å². The normalized spacial score (nSPS) is 32.4. The van der Waals surface area contributed by atoms with E-state index in [1.165, 1.54) is 0 Å². The number of hydrogen-bond acceptors (Lipinski definition) is 12. The van der Waals surface area contributed by atoms with Crippen molar-refractivity contribution in [2.24, 2.45) is 23.7 Å². The van der Waals surface area contributed by atoms with Crippen LogP contribution in [0, 0.1) is 23.7 Å². The summed E-state index contributed by atoms with van der Waals surface area (Å²) < 4.78 is 24.1. The molecule has 6 unspecified atom stereocenters. The Balaban J connectivity index is 1.68. The molecule has 54 heavy (non-hydrogen) atoms. The predicted octanol–water partition coefficient (Wildman–Crippen LogP) is 4.68. The zero-order chi connectivity index (χ0) is 41.4. The van der Waals surface area contributed by atoms with Crippen molar-refractivity contribution in [2.75, 3.05) is 13.2 Å². The summed E-state index contributed by atoms with van der Waals surface area (Å²) in [5, 5.41) is 35.0. The second-order valence-electron chi connectivity index (χ2n) is 21.2. The monoisotopic (exact) mass is 764 g/mol. The molecule has 4 saturated heterocycles. The van der Waals surface area contributed by atoms with Gasteiger partial charge in [-0.05, 0) is 136 Å². The number of ether oxygens (including phenoxy) is 4. The quantitative estimate of drug-likeness (QED) is 0.220. The highest BCUT2D eigenvalue weighted by Crippen LogP contribution is 2.46. The van der Waals surface area contributed by atoms with Gasteiger partial charge in [-0.15, -0.1) is 20.5 Å². The molecule has 0 amide bonds. The average molecular weight is 765 g/mol. The lowest BCUT2D eigenvalue weighted by atomic mass is 9.87. The molecule has 4 aliphatic rings. The molecule has 0 saturated carbocycles. The van der Waals surface area contributed by atoms with Gasteiger partial charge in [0.2, 0.25) is 0 Å². The summed E-state index contributed by atoms with van der Waals surface area (Å²) in [5.41, 5.74) is -5.88. The lowest BCUT2D eigenvalue weighted by Crippen LogP contribution is -2.51. The van der Waals surface area contributed by atoms with E-state index >= 15 is 0 Å². The largest absolute Gasteiger partial charge is 0.461 e. The van der Waals surface area contributed by atoms with E-state index in [9.17, 15) is 29.6 Å². The van der Waals surface area contributed by atoms with Gasteiger partial charge in [0.15, 0.2) is 12.2 Å². The molecule has 0 aliphatic carbocycles. The molecular formula is C40H68N4O10. The molecule has 0 bridgehead atoms. The van der Waals surface area contributed by atoms with Crippen molar-refractivity contribution in [1.82, 2.24) is 20.8 Å². The Kier molecular flexibility index (Phi) is 11.7. The predicted molar refractivity (Wildman–Crippen MR) is 198 cm³/mol. The molecule has 0 aromatic carbocycles. The number of esters is 4. The first-order chi connectivity index (χ1) is 24.2. The molecule has 0 aromatic rings. The van der Waals surface area contributed by atoms with Crippen molar-refractivity contribution in [1.29, 1.82) is 0 Å². The Morgan fingerprint density at radius 2 is 0.796 bits per heavy atom. The minimum atomic E-state index is -1.38. The van der Waals surface area contributed by atoms with Gasteiger partial charge in [0.25, 0.3) is 0 Å². The highest BCUT2D eigenvalue weighted by atomic mass is 16.6. The summed E-state index contributed by atoms with van der Waals surface area (Å²) in [6.45, 7) is 28.3. The second kappa shape index (κ2) is 14.2. The highest BCUT2D eigenvalue weighted by molar-refractivity contribution is 5.77. The van der Waals surface area contributed by atoms with E-state index in [2.05, 4.69) is 10.6 Å². The van der Waals surface area contributed by atoms with E-state index in [1.54, 1.807) is 55.4 Å². The molecule has 4 aliphatic heterocycles. The van der Waals surface area contributed by atoms with E-state index < -0.39 is 106 Å². The summed E-state index contributed by atoms with van der Waals surface area (Å²) in [6, 6.07) is 0. The van der Waals surface area contributed by atoms with Crippen LogP contribution in [0.5, 0.6) is 0 Å². The Labute approximate surface area is 322 Å². The van der Waals surface area contributed by atoms with Crippen LogP contribution in [0.4, 0.5) is 0 Å². The summed E-state index contributed by atoms with van der Waals surface area (Å²) in [5.74, 6) is -5.33. The molecule has 2 radical (unpaired) electrons. The molecule has 0 spiro atoms. The maximum absolute atomic E-state index is 14.1. The van der Waals surface area contributed by atoms with Crippen molar-refractivity contribution in [3.8, 4) is 0 Å². The number of hydrogen-bond donors (Lipinski definition) is 2. The van der Waals surface area contributed by atoms with Crippen molar-refractivity contribution in [3.63, 3.8) is 0 Å². The Bertz CT molecular complexity index is 1360. The fourth-order valence-electron chi connectivity index (χ4n) is 9.99. The van der Waals surface area contributed by atoms with Gasteiger partial charge >= 0.3 is 23.9 Å². The summed E-state index contributed by atoms with van der Waals surface area (Å²) >= 11 is 0. The van der Waals surface area contributed by atoms with E-state index in [0.717, 1.165) is 10.1 Å². The Morgan fingerprint density at radius 1 is 0.500 bits per heavy atom. The molecule has 2 N–H and O–H groups in total. The number of carbonyl (C=O) groups excluding carboxylic acids is 4. The first kappa shape index (κ1) is 44.4. The SMILES string of the molecule is CC1(C)CC(C(=O)OC(COC(=O)C2CC(C)(C)N([O])C2(C)C)C(COC(=O)C2CC(C)(C)N([O])C2(C)C)OC(=O)C2CC(C)(C)NC2(C)C)C(C)(C)N1. The maximum atomic E-state index is 14.1. The van der Waals surface area contributed by atoms with Crippen LogP contribution >= 0.6 is 0 Å². The Hall–Kier alpha value is -2.36. The van der Waals surface area contributed by atoms with Crippen LogP contribution in [0.15, 0.2) is 0 Å². The number of hydroxylamine groups is 4. The van der Waals surface area contributed by atoms with Gasteiger partial charge in [-0.2, -0.15) is 0 Å². The third-order valence-corrected chi connectivity index (χ3v) is 12.6. The topological polar surface area (TPSA) is 176 Å². The van der Waals surface area contributed by atoms with Crippen molar-refractivity contribution in [2.45, 2.75) is 193 Å². The van der Waals surface area contributed by atoms with Gasteiger partial charge in [0.05, 0.1) is 34.7 Å². The molecule has 14 nitrogen and oxygen atoms in total. The summed E-state index contributed by atoms with van der Waals surface area (Å²) in [4.78, 5) is 55.8. The first-order valence-corrected chi connectivity index (χ1v) is 19.4. The molecule has 4 fully saturated rings. The standard InChI is InChI=1S/C40H68N4O10/c1-33(2)17-23(37(9,10)41-33)31(47)53-27(21-51-29(45)25-19-35(5,6)43(49)39(25,13)14)28(54-32(48)24-18-34(3,4)42-38(24,11)12)22-52-30(46)26-20-36(7,8)44(50)40(26,15)16/h23-28,41-42H,17-22H2,1-16H3. The van der Waals surface area contributed by atoms with Crippen LogP contribution in [-0.2, 0) is 48.5 Å². The van der Waals surface area contributed by atoms with Gasteiger partial charge in [-0.3, -0.25) is 19.2 Å². The van der Waals surface area contributed by atoms with E-state index in [1.807, 2.05) is 55.4 Å². The van der Waals surface area contributed by atoms with Gasteiger partial charge in [-0.25, -0.2) is 0 Å². The number of carbonyl (C=O) groups is 4. The molecule has 4 heterocycles. The van der Waals surface area contributed by atoms with E-state index in [-0.39, 0.29) is 23.9 Å². The fraction of sp³-hybridized carbons (Fsp3) is 0.900. The zero-order valence-electron chi connectivity index (χ0n) is 35.7. The summed E-state index contributed by atoms with van der Waals surface area (Å²) in [7, 11) is 0. The molecule has 14 heteroatoms. The minimum Gasteiger partial charge on any atom is -0.461 e. The van der Waals surface area contributed by atoms with Crippen LogP contribution in [0.1, 0.15) is 136 Å². The molecule has 0 aromatic heterocycles. The minimum absolute atomic E-state index is 0.240. The fourth-order valence-corrected chi connectivity index (χ4v) is 9.99. The smallest absolute Gasteiger partial charge is 0.311 e. The third-order valence-electron chi connectivity index (χ3n) is 12.6. The lowest BCUT2D eigenvalue weighted by Gasteiger charge is -2.34. The van der Waals surface area contributed by atoms with Gasteiger partial charge in [0.1, 0.15) is 13.2 Å². The third kappa shape index (κ3) is 8.78. The zero-order valence-corrected chi connectivity index (χ0v) is 35.7. The molecular weight excluding hydrogens is 696 g/mol. The van der Waals surface area contributed by atoms with Gasteiger partial charge < -0.3 is 29.6 Å². The van der Waals surface area contributed by atoms with Crippen LogP contribution < -0.4 is 10.6 Å². The molecule has 308 valence electrons.